The van der Waals surface area contributed by atoms with E-state index in [4.69, 9.17) is 16.0 Å². The van der Waals surface area contributed by atoms with Gasteiger partial charge in [0.25, 0.3) is 0 Å². The van der Waals surface area contributed by atoms with Crippen LogP contribution in [-0.2, 0) is 12.3 Å². The van der Waals surface area contributed by atoms with Gasteiger partial charge in [0.15, 0.2) is 11.0 Å². The van der Waals surface area contributed by atoms with E-state index in [9.17, 15) is 0 Å². The van der Waals surface area contributed by atoms with E-state index in [1.165, 1.54) is 5.56 Å². The fraction of sp³-hybridized carbons (Fsp3) is 0.100. The Kier molecular flexibility index (Phi) is 5.66. The first-order valence-corrected chi connectivity index (χ1v) is 10.4. The van der Waals surface area contributed by atoms with E-state index in [1.807, 2.05) is 48.5 Å². The first-order chi connectivity index (χ1) is 13.2. The van der Waals surface area contributed by atoms with Crippen LogP contribution in [0.3, 0.4) is 0 Å². The second-order valence-electron chi connectivity index (χ2n) is 5.89. The number of furan rings is 1. The smallest absolute Gasteiger partial charge is 0.192 e. The van der Waals surface area contributed by atoms with Crippen molar-refractivity contribution in [3.8, 4) is 11.4 Å². The topological polar surface area (TPSA) is 43.9 Å². The molecule has 4 rings (SSSR count). The molecule has 0 fully saturated rings. The predicted octanol–water partition coefficient (Wildman–Crippen LogP) is 6.29. The molecule has 0 aliphatic heterocycles. The first-order valence-electron chi connectivity index (χ1n) is 8.28. The van der Waals surface area contributed by atoms with Crippen LogP contribution >= 0.6 is 39.3 Å². The molecule has 2 heterocycles. The lowest BCUT2D eigenvalue weighted by atomic mass is 10.2. The zero-order valence-corrected chi connectivity index (χ0v) is 17.3. The Morgan fingerprint density at radius 2 is 1.78 bits per heavy atom. The lowest BCUT2D eigenvalue weighted by Crippen LogP contribution is -2.03. The van der Waals surface area contributed by atoms with Crippen molar-refractivity contribution in [2.75, 3.05) is 0 Å². The van der Waals surface area contributed by atoms with Crippen LogP contribution in [0, 0.1) is 0 Å². The minimum Gasteiger partial charge on any atom is -0.467 e. The molecule has 0 spiro atoms. The van der Waals surface area contributed by atoms with Gasteiger partial charge < -0.3 is 4.42 Å². The van der Waals surface area contributed by atoms with Crippen molar-refractivity contribution in [3.05, 3.63) is 87.7 Å². The Labute approximate surface area is 174 Å². The number of hydrogen-bond acceptors (Lipinski definition) is 4. The van der Waals surface area contributed by atoms with Crippen LogP contribution in [0.2, 0.25) is 5.02 Å². The van der Waals surface area contributed by atoms with Gasteiger partial charge in [-0.15, -0.1) is 10.2 Å². The number of benzene rings is 2. The summed E-state index contributed by atoms with van der Waals surface area (Å²) in [5.41, 5.74) is 2.19. The summed E-state index contributed by atoms with van der Waals surface area (Å²) in [5.74, 6) is 2.46. The molecule has 7 heteroatoms. The highest BCUT2D eigenvalue weighted by atomic mass is 79.9. The van der Waals surface area contributed by atoms with Gasteiger partial charge in [0.1, 0.15) is 5.76 Å². The molecule has 0 saturated heterocycles. The number of hydrogen-bond donors (Lipinski definition) is 0. The van der Waals surface area contributed by atoms with Crippen LogP contribution in [0.4, 0.5) is 0 Å². The number of aromatic nitrogens is 3. The SMILES string of the molecule is Clc1ccc(-c2nnc(SCc3ccc(Br)cc3)n2Cc2ccco2)cc1. The molecular formula is C20H15BrClN3OS. The number of thioether (sulfide) groups is 1. The van der Waals surface area contributed by atoms with Crippen molar-refractivity contribution in [1.29, 1.82) is 0 Å². The molecule has 0 aliphatic carbocycles. The minimum absolute atomic E-state index is 0.570. The first kappa shape index (κ1) is 18.3. The van der Waals surface area contributed by atoms with Gasteiger partial charge in [-0.05, 0) is 54.1 Å². The van der Waals surface area contributed by atoms with Gasteiger partial charge in [0.05, 0.1) is 12.8 Å². The van der Waals surface area contributed by atoms with Crippen LogP contribution < -0.4 is 0 Å². The lowest BCUT2D eigenvalue weighted by Gasteiger charge is -2.09. The van der Waals surface area contributed by atoms with E-state index >= 15 is 0 Å². The van der Waals surface area contributed by atoms with E-state index < -0.39 is 0 Å². The molecule has 136 valence electrons. The van der Waals surface area contributed by atoms with Crippen LogP contribution in [0.15, 0.2) is 81.0 Å². The van der Waals surface area contributed by atoms with Crippen LogP contribution in [0.25, 0.3) is 11.4 Å². The molecule has 27 heavy (non-hydrogen) atoms. The maximum absolute atomic E-state index is 6.02. The van der Waals surface area contributed by atoms with Crippen molar-refractivity contribution in [2.24, 2.45) is 0 Å². The summed E-state index contributed by atoms with van der Waals surface area (Å²) in [4.78, 5) is 0. The molecule has 0 bridgehead atoms. The Bertz CT molecular complexity index is 1010. The standard InChI is InChI=1S/C20H15BrClN3OS/c21-16-7-3-14(4-8-16)13-27-20-24-23-19(15-5-9-17(22)10-6-15)25(20)12-18-2-1-11-26-18/h1-11H,12-13H2. The molecule has 0 saturated carbocycles. The van der Waals surface area contributed by atoms with Gasteiger partial charge in [-0.1, -0.05) is 51.4 Å². The van der Waals surface area contributed by atoms with Gasteiger partial charge in [0, 0.05) is 20.8 Å². The van der Waals surface area contributed by atoms with Gasteiger partial charge in [-0.3, -0.25) is 4.57 Å². The molecule has 4 aromatic rings. The van der Waals surface area contributed by atoms with E-state index in [2.05, 4.69) is 42.8 Å². The highest BCUT2D eigenvalue weighted by Crippen LogP contribution is 2.28. The molecule has 0 N–H and O–H groups in total. The normalized spacial score (nSPS) is 11.0. The maximum Gasteiger partial charge on any atom is 0.192 e. The fourth-order valence-corrected chi connectivity index (χ4v) is 3.92. The average Bonchev–Trinajstić information content (AvgIpc) is 3.33. The third-order valence-corrected chi connectivity index (χ3v) is 5.81. The fourth-order valence-electron chi connectivity index (χ4n) is 2.64. The maximum atomic E-state index is 6.02. The summed E-state index contributed by atoms with van der Waals surface area (Å²) < 4.78 is 8.68. The highest BCUT2D eigenvalue weighted by Gasteiger charge is 2.16. The Hall–Kier alpha value is -2.02. The third kappa shape index (κ3) is 4.46. The third-order valence-electron chi connectivity index (χ3n) is 3.99. The molecule has 2 aromatic carbocycles. The molecule has 0 atom stereocenters. The van der Waals surface area contributed by atoms with Crippen molar-refractivity contribution in [1.82, 2.24) is 14.8 Å². The molecule has 0 unspecified atom stereocenters. The van der Waals surface area contributed by atoms with Crippen LogP contribution in [0.5, 0.6) is 0 Å². The largest absolute Gasteiger partial charge is 0.467 e. The molecule has 4 nitrogen and oxygen atoms in total. The van der Waals surface area contributed by atoms with Crippen molar-refractivity contribution < 1.29 is 4.42 Å². The number of rotatable bonds is 6. The van der Waals surface area contributed by atoms with Crippen molar-refractivity contribution in [2.45, 2.75) is 17.5 Å². The summed E-state index contributed by atoms with van der Waals surface area (Å²) in [6.45, 7) is 0.570. The summed E-state index contributed by atoms with van der Waals surface area (Å²) >= 11 is 11.1. The zero-order chi connectivity index (χ0) is 18.6. The van der Waals surface area contributed by atoms with Gasteiger partial charge in [0.2, 0.25) is 0 Å². The second-order valence-corrected chi connectivity index (χ2v) is 8.19. The Morgan fingerprint density at radius 1 is 1.00 bits per heavy atom. The summed E-state index contributed by atoms with van der Waals surface area (Å²) in [5, 5.41) is 10.4. The van der Waals surface area contributed by atoms with E-state index in [1.54, 1.807) is 18.0 Å². The van der Waals surface area contributed by atoms with Crippen molar-refractivity contribution in [3.63, 3.8) is 0 Å². The second kappa shape index (κ2) is 8.33. The quantitative estimate of drug-likeness (QED) is 0.317. The van der Waals surface area contributed by atoms with Gasteiger partial charge >= 0.3 is 0 Å². The van der Waals surface area contributed by atoms with Crippen LogP contribution in [0.1, 0.15) is 11.3 Å². The molecule has 0 radical (unpaired) electrons. The highest BCUT2D eigenvalue weighted by molar-refractivity contribution is 9.10. The average molecular weight is 461 g/mol. The molecule has 0 aliphatic rings. The van der Waals surface area contributed by atoms with E-state index in [0.717, 1.165) is 32.5 Å². The van der Waals surface area contributed by atoms with Gasteiger partial charge in [-0.25, -0.2) is 0 Å². The number of halogens is 2. The minimum atomic E-state index is 0.570. The number of nitrogens with zero attached hydrogens (tertiary/aromatic N) is 3. The summed E-state index contributed by atoms with van der Waals surface area (Å²) in [6.07, 6.45) is 1.68. The Morgan fingerprint density at radius 3 is 2.48 bits per heavy atom. The molecule has 2 aromatic heterocycles. The van der Waals surface area contributed by atoms with Crippen LogP contribution in [-0.4, -0.2) is 14.8 Å². The summed E-state index contributed by atoms with van der Waals surface area (Å²) in [7, 11) is 0. The Balaban J connectivity index is 1.63. The van der Waals surface area contributed by atoms with E-state index in [-0.39, 0.29) is 0 Å². The predicted molar refractivity (Wildman–Crippen MR) is 112 cm³/mol. The van der Waals surface area contributed by atoms with E-state index in [0.29, 0.717) is 11.6 Å². The molecule has 0 amide bonds. The van der Waals surface area contributed by atoms with Crippen molar-refractivity contribution >= 4 is 39.3 Å². The van der Waals surface area contributed by atoms with Gasteiger partial charge in [-0.2, -0.15) is 0 Å². The summed E-state index contributed by atoms with van der Waals surface area (Å²) in [6, 6.07) is 19.8. The zero-order valence-electron chi connectivity index (χ0n) is 14.2. The lowest BCUT2D eigenvalue weighted by molar-refractivity contribution is 0.485. The monoisotopic (exact) mass is 459 g/mol. The molecular weight excluding hydrogens is 446 g/mol.